The average molecular weight is 404 g/mol. The topological polar surface area (TPSA) is 69.0 Å². The van der Waals surface area contributed by atoms with Gasteiger partial charge in [0, 0.05) is 22.6 Å². The minimum Gasteiger partial charge on any atom is -0.497 e. The number of hydrogen-bond acceptors (Lipinski definition) is 5. The number of nitrogens with zero attached hydrogens (tertiary/aromatic N) is 3. The predicted molar refractivity (Wildman–Crippen MR) is 115 cm³/mol. The highest BCUT2D eigenvalue weighted by Gasteiger charge is 2.15. The largest absolute Gasteiger partial charge is 0.497 e. The molecule has 4 aromatic rings. The van der Waals surface area contributed by atoms with Crippen molar-refractivity contribution in [2.24, 2.45) is 0 Å². The van der Waals surface area contributed by atoms with Crippen molar-refractivity contribution in [3.63, 3.8) is 0 Å². The van der Waals surface area contributed by atoms with Gasteiger partial charge >= 0.3 is 0 Å². The second-order valence-electron chi connectivity index (χ2n) is 6.65. The quantitative estimate of drug-likeness (QED) is 0.515. The van der Waals surface area contributed by atoms with Gasteiger partial charge in [0.2, 0.25) is 5.13 Å². The number of ether oxygens (including phenoxy) is 1. The average Bonchev–Trinajstić information content (AvgIpc) is 3.34. The molecule has 29 heavy (non-hydrogen) atoms. The summed E-state index contributed by atoms with van der Waals surface area (Å²) in [7, 11) is 1.64. The fourth-order valence-electron chi connectivity index (χ4n) is 2.99. The molecule has 0 aliphatic rings. The summed E-state index contributed by atoms with van der Waals surface area (Å²) in [6.45, 7) is 3.84. The summed E-state index contributed by atoms with van der Waals surface area (Å²) >= 11 is 1.46. The van der Waals surface area contributed by atoms with Crippen molar-refractivity contribution in [3.8, 4) is 22.1 Å². The Labute approximate surface area is 172 Å². The fraction of sp³-hybridized carbons (Fsp3) is 0.136. The van der Waals surface area contributed by atoms with Gasteiger partial charge in [0.05, 0.1) is 18.5 Å². The number of hydrogen-bond donors (Lipinski definition) is 1. The summed E-state index contributed by atoms with van der Waals surface area (Å²) < 4.78 is 6.96. The Balaban J connectivity index is 1.63. The van der Waals surface area contributed by atoms with Gasteiger partial charge in [-0.2, -0.15) is 9.78 Å². The van der Waals surface area contributed by atoms with Crippen LogP contribution in [0, 0.1) is 13.8 Å². The minimum absolute atomic E-state index is 0.181. The van der Waals surface area contributed by atoms with Gasteiger partial charge in [0.25, 0.3) is 5.91 Å². The third-order valence-corrected chi connectivity index (χ3v) is 5.21. The van der Waals surface area contributed by atoms with Crippen LogP contribution in [-0.2, 0) is 0 Å². The summed E-state index contributed by atoms with van der Waals surface area (Å²) in [5.41, 5.74) is 4.22. The minimum atomic E-state index is -0.181. The van der Waals surface area contributed by atoms with Crippen molar-refractivity contribution < 1.29 is 9.53 Å². The van der Waals surface area contributed by atoms with Crippen LogP contribution in [0.3, 0.4) is 0 Å². The first-order valence-corrected chi connectivity index (χ1v) is 9.96. The first kappa shape index (κ1) is 18.9. The molecule has 0 radical (unpaired) electrons. The second-order valence-corrected chi connectivity index (χ2v) is 7.49. The first-order valence-electron chi connectivity index (χ1n) is 9.08. The summed E-state index contributed by atoms with van der Waals surface area (Å²) in [5.74, 6) is 1.18. The molecule has 146 valence electrons. The Hall–Kier alpha value is -3.45. The van der Waals surface area contributed by atoms with Crippen molar-refractivity contribution in [1.82, 2.24) is 14.8 Å². The molecule has 1 N–H and O–H groups in total. The second kappa shape index (κ2) is 7.89. The highest BCUT2D eigenvalue weighted by atomic mass is 32.1. The number of methoxy groups -OCH3 is 1. The van der Waals surface area contributed by atoms with E-state index in [1.807, 2.05) is 67.8 Å². The van der Waals surface area contributed by atoms with Gasteiger partial charge in [0.1, 0.15) is 11.6 Å². The van der Waals surface area contributed by atoms with E-state index in [4.69, 9.17) is 9.72 Å². The molecule has 0 bridgehead atoms. The molecule has 0 aliphatic heterocycles. The van der Waals surface area contributed by atoms with E-state index >= 15 is 0 Å². The van der Waals surface area contributed by atoms with Gasteiger partial charge in [-0.3, -0.25) is 4.79 Å². The molecule has 7 heteroatoms. The van der Waals surface area contributed by atoms with Crippen LogP contribution in [0.2, 0.25) is 0 Å². The molecule has 6 nitrogen and oxygen atoms in total. The SMILES string of the molecule is COc1cccc(-c2csc(-n3nc(C)cc3NC(=O)c3cccc(C)c3)n2)c1. The normalized spacial score (nSPS) is 10.7. The third kappa shape index (κ3) is 4.05. The van der Waals surface area contributed by atoms with E-state index < -0.39 is 0 Å². The van der Waals surface area contributed by atoms with E-state index in [2.05, 4.69) is 10.4 Å². The van der Waals surface area contributed by atoms with Crippen LogP contribution in [0.25, 0.3) is 16.4 Å². The maximum Gasteiger partial charge on any atom is 0.256 e. The number of anilines is 1. The lowest BCUT2D eigenvalue weighted by atomic mass is 10.1. The van der Waals surface area contributed by atoms with E-state index in [0.29, 0.717) is 16.5 Å². The van der Waals surface area contributed by atoms with Gasteiger partial charge in [-0.15, -0.1) is 11.3 Å². The smallest absolute Gasteiger partial charge is 0.256 e. The van der Waals surface area contributed by atoms with E-state index in [1.54, 1.807) is 17.9 Å². The first-order chi connectivity index (χ1) is 14.0. The van der Waals surface area contributed by atoms with Crippen molar-refractivity contribution in [3.05, 3.63) is 76.8 Å². The number of carbonyl (C=O) groups excluding carboxylic acids is 1. The zero-order valence-corrected chi connectivity index (χ0v) is 17.2. The lowest BCUT2D eigenvalue weighted by Gasteiger charge is -2.07. The number of aromatic nitrogens is 3. The number of carbonyl (C=O) groups is 1. The van der Waals surface area contributed by atoms with E-state index in [-0.39, 0.29) is 5.91 Å². The number of nitrogens with one attached hydrogen (secondary N) is 1. The number of thiazole rings is 1. The molecule has 0 aliphatic carbocycles. The maximum absolute atomic E-state index is 12.7. The van der Waals surface area contributed by atoms with Crippen molar-refractivity contribution in [2.45, 2.75) is 13.8 Å². The van der Waals surface area contributed by atoms with Crippen LogP contribution in [0.4, 0.5) is 5.82 Å². The Morgan fingerprint density at radius 3 is 2.72 bits per heavy atom. The van der Waals surface area contributed by atoms with Crippen molar-refractivity contribution in [2.75, 3.05) is 12.4 Å². The molecular weight excluding hydrogens is 384 g/mol. The number of rotatable bonds is 5. The third-order valence-electron chi connectivity index (χ3n) is 4.39. The summed E-state index contributed by atoms with van der Waals surface area (Å²) in [5, 5.41) is 10.1. The van der Waals surface area contributed by atoms with Crippen LogP contribution in [0.5, 0.6) is 5.75 Å². The van der Waals surface area contributed by atoms with Crippen LogP contribution in [0.1, 0.15) is 21.6 Å². The standard InChI is InChI=1S/C22H20N4O2S/c1-14-6-4-8-17(10-14)21(27)24-20-11-15(2)25-26(20)22-23-19(13-29-22)16-7-5-9-18(12-16)28-3/h4-13H,1-3H3,(H,24,27). The Bertz CT molecular complexity index is 1180. The summed E-state index contributed by atoms with van der Waals surface area (Å²) in [6, 6.07) is 17.1. The maximum atomic E-state index is 12.7. The predicted octanol–water partition coefficient (Wildman–Crippen LogP) is 4.87. The van der Waals surface area contributed by atoms with Crippen molar-refractivity contribution >= 4 is 23.1 Å². The van der Waals surface area contributed by atoms with Gasteiger partial charge in [-0.1, -0.05) is 29.8 Å². The molecule has 0 unspecified atom stereocenters. The fourth-order valence-corrected chi connectivity index (χ4v) is 3.78. The zero-order chi connectivity index (χ0) is 20.4. The Kier molecular flexibility index (Phi) is 5.14. The Morgan fingerprint density at radius 2 is 1.93 bits per heavy atom. The van der Waals surface area contributed by atoms with Crippen molar-refractivity contribution in [1.29, 1.82) is 0 Å². The molecule has 0 saturated heterocycles. The summed E-state index contributed by atoms with van der Waals surface area (Å²) in [4.78, 5) is 17.4. The highest BCUT2D eigenvalue weighted by Crippen LogP contribution is 2.28. The molecule has 0 atom stereocenters. The number of amides is 1. The molecule has 0 saturated carbocycles. The molecule has 2 aromatic heterocycles. The Morgan fingerprint density at radius 1 is 1.10 bits per heavy atom. The van der Waals surface area contributed by atoms with Crippen LogP contribution in [0.15, 0.2) is 60.0 Å². The highest BCUT2D eigenvalue weighted by molar-refractivity contribution is 7.12. The molecule has 2 heterocycles. The van der Waals surface area contributed by atoms with Gasteiger partial charge in [-0.25, -0.2) is 4.98 Å². The monoisotopic (exact) mass is 404 g/mol. The molecular formula is C22H20N4O2S. The van der Waals surface area contributed by atoms with E-state index in [1.165, 1.54) is 11.3 Å². The lowest BCUT2D eigenvalue weighted by Crippen LogP contribution is -2.15. The van der Waals surface area contributed by atoms with Crippen LogP contribution >= 0.6 is 11.3 Å². The van der Waals surface area contributed by atoms with Crippen LogP contribution in [-0.4, -0.2) is 27.8 Å². The molecule has 1 amide bonds. The summed E-state index contributed by atoms with van der Waals surface area (Å²) in [6.07, 6.45) is 0. The van der Waals surface area contributed by atoms with Gasteiger partial charge < -0.3 is 10.1 Å². The van der Waals surface area contributed by atoms with E-state index in [9.17, 15) is 4.79 Å². The molecule has 0 fully saturated rings. The lowest BCUT2D eigenvalue weighted by molar-refractivity contribution is 0.102. The van der Waals surface area contributed by atoms with E-state index in [0.717, 1.165) is 28.3 Å². The van der Waals surface area contributed by atoms with Gasteiger partial charge in [-0.05, 0) is 38.1 Å². The van der Waals surface area contributed by atoms with Crippen LogP contribution < -0.4 is 10.1 Å². The molecule has 4 rings (SSSR count). The zero-order valence-electron chi connectivity index (χ0n) is 16.3. The molecule has 0 spiro atoms. The van der Waals surface area contributed by atoms with Gasteiger partial charge in [0.15, 0.2) is 0 Å². The molecule has 2 aromatic carbocycles. The number of benzene rings is 2. The number of aryl methyl sites for hydroxylation is 2.